The molecule has 0 saturated heterocycles. The highest BCUT2D eigenvalue weighted by molar-refractivity contribution is 5.66. The summed E-state index contributed by atoms with van der Waals surface area (Å²) >= 11 is 0. The van der Waals surface area contributed by atoms with Crippen molar-refractivity contribution in [1.82, 2.24) is 14.5 Å². The third kappa shape index (κ3) is 3.73. The number of pyridine rings is 1. The molecular formula is C25H15F4N3. The quantitative estimate of drug-likeness (QED) is 0.311. The molecule has 7 heteroatoms. The van der Waals surface area contributed by atoms with E-state index in [4.69, 9.17) is 0 Å². The van der Waals surface area contributed by atoms with E-state index in [-0.39, 0.29) is 17.9 Å². The van der Waals surface area contributed by atoms with Crippen molar-refractivity contribution < 1.29 is 17.6 Å². The number of aromatic nitrogens is 3. The lowest BCUT2D eigenvalue weighted by Crippen LogP contribution is -2.03. The van der Waals surface area contributed by atoms with Gasteiger partial charge in [-0.15, -0.1) is 0 Å². The van der Waals surface area contributed by atoms with Gasteiger partial charge in [-0.3, -0.25) is 0 Å². The zero-order valence-electron chi connectivity index (χ0n) is 16.6. The van der Waals surface area contributed by atoms with Gasteiger partial charge in [-0.25, -0.2) is 27.5 Å². The fraction of sp³-hybridized carbons (Fsp3) is 0.0400. The van der Waals surface area contributed by atoms with Gasteiger partial charge in [-0.2, -0.15) is 0 Å². The Morgan fingerprint density at radius 2 is 1.50 bits per heavy atom. The van der Waals surface area contributed by atoms with Crippen molar-refractivity contribution in [2.75, 3.05) is 0 Å². The van der Waals surface area contributed by atoms with Crippen molar-refractivity contribution in [2.45, 2.75) is 6.54 Å². The summed E-state index contributed by atoms with van der Waals surface area (Å²) in [6.45, 7) is 0.204. The van der Waals surface area contributed by atoms with Gasteiger partial charge in [0.1, 0.15) is 29.0 Å². The van der Waals surface area contributed by atoms with Crippen LogP contribution in [-0.4, -0.2) is 14.5 Å². The number of halogens is 4. The Kier molecular flexibility index (Phi) is 4.93. The zero-order valence-corrected chi connectivity index (χ0v) is 16.6. The highest BCUT2D eigenvalue weighted by Crippen LogP contribution is 2.28. The number of nitrogens with zero attached hydrogens (tertiary/aromatic N) is 3. The first kappa shape index (κ1) is 19.9. The van der Waals surface area contributed by atoms with Crippen molar-refractivity contribution >= 4 is 0 Å². The molecule has 0 N–H and O–H groups in total. The molecule has 0 spiro atoms. The van der Waals surface area contributed by atoms with Crippen molar-refractivity contribution in [3.8, 4) is 33.9 Å². The van der Waals surface area contributed by atoms with Gasteiger partial charge in [0.15, 0.2) is 5.82 Å². The molecule has 0 saturated carbocycles. The molecule has 2 heterocycles. The maximum absolute atomic E-state index is 14.7. The Labute approximate surface area is 181 Å². The smallest absolute Gasteiger partial charge is 0.163 e. The van der Waals surface area contributed by atoms with Crippen LogP contribution in [0, 0.1) is 23.3 Å². The summed E-state index contributed by atoms with van der Waals surface area (Å²) in [4.78, 5) is 8.77. The van der Waals surface area contributed by atoms with Crippen LogP contribution in [0.4, 0.5) is 17.6 Å². The zero-order chi connectivity index (χ0) is 22.2. The molecule has 0 atom stereocenters. The van der Waals surface area contributed by atoms with Gasteiger partial charge in [0.25, 0.3) is 0 Å². The molecule has 32 heavy (non-hydrogen) atoms. The highest BCUT2D eigenvalue weighted by atomic mass is 19.1. The van der Waals surface area contributed by atoms with E-state index < -0.39 is 23.3 Å². The second kappa shape index (κ2) is 7.92. The molecular weight excluding hydrogens is 418 g/mol. The van der Waals surface area contributed by atoms with Crippen LogP contribution in [0.5, 0.6) is 0 Å². The van der Waals surface area contributed by atoms with E-state index in [1.165, 1.54) is 18.2 Å². The minimum Gasteiger partial charge on any atom is -0.347 e. The molecule has 3 nitrogen and oxygen atoms in total. The molecule has 0 aliphatic carbocycles. The van der Waals surface area contributed by atoms with E-state index in [0.717, 1.165) is 12.1 Å². The molecule has 5 rings (SSSR count). The molecule has 0 radical (unpaired) electrons. The summed E-state index contributed by atoms with van der Waals surface area (Å²) in [6, 6.07) is 15.6. The highest BCUT2D eigenvalue weighted by Gasteiger charge is 2.16. The number of imidazole rings is 1. The van der Waals surface area contributed by atoms with Gasteiger partial charge < -0.3 is 4.57 Å². The number of benzene rings is 3. The Morgan fingerprint density at radius 1 is 0.688 bits per heavy atom. The molecule has 0 aromatic heterocycles. The average molecular weight is 433 g/mol. The standard InChI is InChI=1S/C25H15F4N3/c26-17-7-8-18(22(29)12-17)15-5-6-16(21(28)11-15)13-32-10-9-23-24(14-32)31-25(30-23)19-3-1-2-4-20(19)27/h1-12,14H,13H2. The van der Waals surface area contributed by atoms with Crippen LogP contribution >= 0.6 is 0 Å². The van der Waals surface area contributed by atoms with Crippen LogP contribution in [0.2, 0.25) is 0 Å². The summed E-state index contributed by atoms with van der Waals surface area (Å²) in [5.74, 6) is -2.08. The van der Waals surface area contributed by atoms with Crippen LogP contribution < -0.4 is 0 Å². The van der Waals surface area contributed by atoms with E-state index in [1.54, 1.807) is 53.4 Å². The summed E-state index contributed by atoms with van der Waals surface area (Å²) in [7, 11) is 0. The third-order valence-corrected chi connectivity index (χ3v) is 5.19. The van der Waals surface area contributed by atoms with Gasteiger partial charge >= 0.3 is 0 Å². The van der Waals surface area contributed by atoms with E-state index in [9.17, 15) is 17.6 Å². The van der Waals surface area contributed by atoms with Gasteiger partial charge in [0.2, 0.25) is 0 Å². The normalized spacial score (nSPS) is 11.2. The molecule has 3 aromatic rings. The Hall–Kier alpha value is -4.00. The molecule has 3 aromatic carbocycles. The number of hydrogen-bond donors (Lipinski definition) is 0. The molecule has 158 valence electrons. The fourth-order valence-corrected chi connectivity index (χ4v) is 3.58. The monoisotopic (exact) mass is 433 g/mol. The molecule has 2 aliphatic heterocycles. The summed E-state index contributed by atoms with van der Waals surface area (Å²) in [6.07, 6.45) is 3.44. The predicted molar refractivity (Wildman–Crippen MR) is 113 cm³/mol. The van der Waals surface area contributed by atoms with Crippen LogP contribution in [0.1, 0.15) is 5.56 Å². The lowest BCUT2D eigenvalue weighted by molar-refractivity contribution is 0.584. The van der Waals surface area contributed by atoms with Crippen molar-refractivity contribution in [1.29, 1.82) is 0 Å². The summed E-state index contributed by atoms with van der Waals surface area (Å²) in [5, 5.41) is 0. The Balaban J connectivity index is 1.43. The van der Waals surface area contributed by atoms with Crippen molar-refractivity contribution in [3.63, 3.8) is 0 Å². The first-order chi connectivity index (χ1) is 15.5. The molecule has 0 amide bonds. The maximum atomic E-state index is 14.7. The van der Waals surface area contributed by atoms with Crippen molar-refractivity contribution in [2.24, 2.45) is 0 Å². The lowest BCUT2D eigenvalue weighted by Gasteiger charge is -2.11. The van der Waals surface area contributed by atoms with E-state index in [2.05, 4.69) is 9.97 Å². The lowest BCUT2D eigenvalue weighted by atomic mass is 10.0. The van der Waals surface area contributed by atoms with Gasteiger partial charge in [-0.1, -0.05) is 24.3 Å². The number of fused-ring (bicyclic) bond motifs is 1. The fourth-order valence-electron chi connectivity index (χ4n) is 3.58. The average Bonchev–Trinajstić information content (AvgIpc) is 3.19. The first-order valence-electron chi connectivity index (χ1n) is 9.80. The second-order valence-electron chi connectivity index (χ2n) is 7.35. The van der Waals surface area contributed by atoms with Crippen LogP contribution in [0.15, 0.2) is 79.1 Å². The van der Waals surface area contributed by atoms with Crippen LogP contribution in [-0.2, 0) is 6.54 Å². The van der Waals surface area contributed by atoms with Gasteiger partial charge in [0.05, 0.1) is 11.3 Å². The topological polar surface area (TPSA) is 30.7 Å². The molecule has 0 unspecified atom stereocenters. The van der Waals surface area contributed by atoms with E-state index in [1.807, 2.05) is 0 Å². The van der Waals surface area contributed by atoms with E-state index in [0.29, 0.717) is 28.1 Å². The van der Waals surface area contributed by atoms with Crippen LogP contribution in [0.3, 0.4) is 0 Å². The van der Waals surface area contributed by atoms with Gasteiger partial charge in [0, 0.05) is 36.1 Å². The third-order valence-electron chi connectivity index (χ3n) is 5.19. The Morgan fingerprint density at radius 3 is 2.28 bits per heavy atom. The van der Waals surface area contributed by atoms with Crippen molar-refractivity contribution in [3.05, 3.63) is 108 Å². The Bertz CT molecular complexity index is 1410. The summed E-state index contributed by atoms with van der Waals surface area (Å²) < 4.78 is 57.7. The summed E-state index contributed by atoms with van der Waals surface area (Å²) in [5.41, 5.74) is 2.29. The predicted octanol–water partition coefficient (Wildman–Crippen LogP) is 6.32. The SMILES string of the molecule is Fc1ccc(-c2ccc(Cn3ccc4nc(-c5ccccc5F)nc-4c3)c(F)c2)c(F)c1. The minimum absolute atomic E-state index is 0.124. The first-order valence-corrected chi connectivity index (χ1v) is 9.80. The minimum atomic E-state index is -0.752. The van der Waals surface area contributed by atoms with Crippen LogP contribution in [0.25, 0.3) is 33.9 Å². The van der Waals surface area contributed by atoms with E-state index >= 15 is 0 Å². The molecule has 0 bridgehead atoms. The van der Waals surface area contributed by atoms with Gasteiger partial charge in [-0.05, 0) is 42.0 Å². The maximum Gasteiger partial charge on any atom is 0.163 e. The number of hydrogen-bond acceptors (Lipinski definition) is 2. The molecule has 0 fully saturated rings. The molecule has 2 aliphatic rings. The number of rotatable bonds is 4. The second-order valence-corrected chi connectivity index (χ2v) is 7.35. The largest absolute Gasteiger partial charge is 0.347 e.